The van der Waals surface area contributed by atoms with Crippen LogP contribution in [0.25, 0.3) is 0 Å². The van der Waals surface area contributed by atoms with Crippen LogP contribution in [0.15, 0.2) is 48.5 Å². The van der Waals surface area contributed by atoms with Gasteiger partial charge in [-0.2, -0.15) is 0 Å². The molecule has 0 spiro atoms. The molecule has 30 heavy (non-hydrogen) atoms. The molecule has 1 fully saturated rings. The lowest BCUT2D eigenvalue weighted by Gasteiger charge is -2.40. The summed E-state index contributed by atoms with van der Waals surface area (Å²) >= 11 is 0. The molecule has 2 aromatic carbocycles. The molecule has 0 aliphatic carbocycles. The molecule has 9 heteroatoms. The number of fused-ring (bicyclic) bond motifs is 1. The van der Waals surface area contributed by atoms with Crippen LogP contribution in [0.5, 0.6) is 11.5 Å². The number of nitrogens with zero attached hydrogens (tertiary/aromatic N) is 3. The minimum atomic E-state index is -3.53. The van der Waals surface area contributed by atoms with Crippen LogP contribution in [0.4, 0.5) is 11.4 Å². The summed E-state index contributed by atoms with van der Waals surface area (Å²) in [4.78, 5) is 17.1. The van der Waals surface area contributed by atoms with Crippen LogP contribution in [0.3, 0.4) is 0 Å². The maximum atomic E-state index is 13.1. The van der Waals surface area contributed by atoms with Crippen molar-refractivity contribution in [2.24, 2.45) is 0 Å². The molecule has 0 N–H and O–H groups in total. The summed E-state index contributed by atoms with van der Waals surface area (Å²) in [7, 11) is -1.89. The molecule has 0 aromatic heterocycles. The van der Waals surface area contributed by atoms with E-state index >= 15 is 0 Å². The van der Waals surface area contributed by atoms with Gasteiger partial charge in [-0.3, -0.25) is 9.10 Å². The van der Waals surface area contributed by atoms with E-state index in [0.717, 1.165) is 17.7 Å². The van der Waals surface area contributed by atoms with Gasteiger partial charge < -0.3 is 19.3 Å². The van der Waals surface area contributed by atoms with Gasteiger partial charge >= 0.3 is 0 Å². The second kappa shape index (κ2) is 8.06. The van der Waals surface area contributed by atoms with Gasteiger partial charge in [0, 0.05) is 26.2 Å². The van der Waals surface area contributed by atoms with Crippen molar-refractivity contribution < 1.29 is 22.7 Å². The van der Waals surface area contributed by atoms with E-state index in [0.29, 0.717) is 37.6 Å². The van der Waals surface area contributed by atoms with Gasteiger partial charge in [-0.05, 0) is 24.3 Å². The molecule has 1 amide bonds. The summed E-state index contributed by atoms with van der Waals surface area (Å²) in [6.45, 7) is 2.34. The number of hydrogen-bond donors (Lipinski definition) is 0. The average molecular weight is 432 g/mol. The molecule has 0 radical (unpaired) electrons. The van der Waals surface area contributed by atoms with Crippen LogP contribution >= 0.6 is 0 Å². The normalized spacial score (nSPS) is 19.1. The quantitative estimate of drug-likeness (QED) is 0.731. The van der Waals surface area contributed by atoms with Gasteiger partial charge in [0.1, 0.15) is 11.5 Å². The number of para-hydroxylation sites is 4. The summed E-state index contributed by atoms with van der Waals surface area (Å²) in [6, 6.07) is 14.7. The zero-order chi connectivity index (χ0) is 21.3. The standard InChI is InChI=1S/C21H25N3O5S/c1-28-18-9-5-3-7-16(18)22-11-13-23(14-12-22)21(25)20-15-24(30(2,26)27)17-8-4-6-10-19(17)29-20/h3-10,20H,11-15H2,1-2H3. The number of ether oxygens (including phenoxy) is 2. The van der Waals surface area contributed by atoms with Gasteiger partial charge in [0.25, 0.3) is 5.91 Å². The predicted octanol–water partition coefficient (Wildman–Crippen LogP) is 1.57. The predicted molar refractivity (Wildman–Crippen MR) is 115 cm³/mol. The number of carbonyl (C=O) groups excluding carboxylic acids is 1. The number of methoxy groups -OCH3 is 1. The van der Waals surface area contributed by atoms with Crippen molar-refractivity contribution in [2.45, 2.75) is 6.10 Å². The minimum Gasteiger partial charge on any atom is -0.495 e. The molecule has 2 aromatic rings. The fourth-order valence-corrected chi connectivity index (χ4v) is 4.82. The number of amides is 1. The number of hydrogen-bond acceptors (Lipinski definition) is 6. The topological polar surface area (TPSA) is 79.4 Å². The van der Waals surface area contributed by atoms with Crippen LogP contribution < -0.4 is 18.7 Å². The molecule has 0 saturated carbocycles. The Hall–Kier alpha value is -2.94. The zero-order valence-corrected chi connectivity index (χ0v) is 17.8. The van der Waals surface area contributed by atoms with E-state index in [4.69, 9.17) is 9.47 Å². The third-order valence-electron chi connectivity index (χ3n) is 5.43. The van der Waals surface area contributed by atoms with Crippen molar-refractivity contribution in [3.05, 3.63) is 48.5 Å². The average Bonchev–Trinajstić information content (AvgIpc) is 2.77. The first-order valence-corrected chi connectivity index (χ1v) is 11.6. The van der Waals surface area contributed by atoms with Gasteiger partial charge in [0.2, 0.25) is 10.0 Å². The Morgan fingerprint density at radius 1 is 1.00 bits per heavy atom. The Balaban J connectivity index is 1.47. The van der Waals surface area contributed by atoms with Crippen molar-refractivity contribution in [2.75, 3.05) is 55.3 Å². The molecular weight excluding hydrogens is 406 g/mol. The van der Waals surface area contributed by atoms with Crippen molar-refractivity contribution in [3.8, 4) is 11.5 Å². The monoisotopic (exact) mass is 431 g/mol. The van der Waals surface area contributed by atoms with Crippen molar-refractivity contribution >= 4 is 27.3 Å². The number of anilines is 2. The summed E-state index contributed by atoms with van der Waals surface area (Å²) in [6.07, 6.45) is 0.273. The highest BCUT2D eigenvalue weighted by atomic mass is 32.2. The number of carbonyl (C=O) groups is 1. The molecule has 2 aliphatic heterocycles. The highest BCUT2D eigenvalue weighted by Gasteiger charge is 2.37. The van der Waals surface area contributed by atoms with Gasteiger partial charge in [-0.25, -0.2) is 8.42 Å². The highest BCUT2D eigenvalue weighted by Crippen LogP contribution is 2.35. The summed E-state index contributed by atoms with van der Waals surface area (Å²) in [5.74, 6) is 1.01. The Bertz CT molecular complexity index is 1030. The summed E-state index contributed by atoms with van der Waals surface area (Å²) in [5.41, 5.74) is 1.46. The highest BCUT2D eigenvalue weighted by molar-refractivity contribution is 7.92. The smallest absolute Gasteiger partial charge is 0.265 e. The Morgan fingerprint density at radius 2 is 1.63 bits per heavy atom. The van der Waals surface area contributed by atoms with E-state index in [1.807, 2.05) is 24.3 Å². The van der Waals surface area contributed by atoms with Gasteiger partial charge in [0.15, 0.2) is 6.10 Å². The molecule has 4 rings (SSSR count). The molecule has 0 bridgehead atoms. The molecular formula is C21H25N3O5S. The summed E-state index contributed by atoms with van der Waals surface area (Å²) in [5, 5.41) is 0. The van der Waals surface area contributed by atoms with Crippen LogP contribution in [0, 0.1) is 0 Å². The van der Waals surface area contributed by atoms with Gasteiger partial charge in [0.05, 0.1) is 31.3 Å². The fraction of sp³-hybridized carbons (Fsp3) is 0.381. The number of rotatable bonds is 4. The van der Waals surface area contributed by atoms with Gasteiger partial charge in [-0.15, -0.1) is 0 Å². The van der Waals surface area contributed by atoms with Crippen molar-refractivity contribution in [1.82, 2.24) is 4.90 Å². The van der Waals surface area contributed by atoms with Crippen LogP contribution in [-0.4, -0.2) is 71.4 Å². The first kappa shape index (κ1) is 20.3. The second-order valence-electron chi connectivity index (χ2n) is 7.35. The number of sulfonamides is 1. The molecule has 1 atom stereocenters. The Labute approximate surface area is 176 Å². The molecule has 8 nitrogen and oxygen atoms in total. The number of benzene rings is 2. The second-order valence-corrected chi connectivity index (χ2v) is 9.26. The van der Waals surface area contributed by atoms with Crippen molar-refractivity contribution in [3.63, 3.8) is 0 Å². The fourth-order valence-electron chi connectivity index (χ4n) is 3.91. The van der Waals surface area contributed by atoms with Gasteiger partial charge in [-0.1, -0.05) is 24.3 Å². The molecule has 1 saturated heterocycles. The van der Waals surface area contributed by atoms with Crippen LogP contribution in [-0.2, 0) is 14.8 Å². The van der Waals surface area contributed by atoms with E-state index in [-0.39, 0.29) is 12.5 Å². The molecule has 160 valence electrons. The van der Waals surface area contributed by atoms with E-state index in [2.05, 4.69) is 4.90 Å². The van der Waals surface area contributed by atoms with Crippen molar-refractivity contribution in [1.29, 1.82) is 0 Å². The number of piperazine rings is 1. The first-order chi connectivity index (χ1) is 14.4. The third kappa shape index (κ3) is 3.89. The summed E-state index contributed by atoms with van der Waals surface area (Å²) < 4.78 is 37.1. The third-order valence-corrected chi connectivity index (χ3v) is 6.57. The lowest BCUT2D eigenvalue weighted by atomic mass is 10.2. The first-order valence-electron chi connectivity index (χ1n) is 9.78. The molecule has 2 heterocycles. The zero-order valence-electron chi connectivity index (χ0n) is 17.0. The SMILES string of the molecule is COc1ccccc1N1CCN(C(=O)C2CN(S(C)(=O)=O)c3ccccc3O2)CC1. The van der Waals surface area contributed by atoms with Crippen LogP contribution in [0.1, 0.15) is 0 Å². The largest absolute Gasteiger partial charge is 0.495 e. The lowest BCUT2D eigenvalue weighted by Crippen LogP contribution is -2.56. The van der Waals surface area contributed by atoms with E-state index in [9.17, 15) is 13.2 Å². The molecule has 2 aliphatic rings. The lowest BCUT2D eigenvalue weighted by molar-refractivity contribution is -0.138. The maximum Gasteiger partial charge on any atom is 0.265 e. The maximum absolute atomic E-state index is 13.1. The Kier molecular flexibility index (Phi) is 5.46. The van der Waals surface area contributed by atoms with Crippen LogP contribution in [0.2, 0.25) is 0 Å². The Morgan fingerprint density at radius 3 is 2.30 bits per heavy atom. The van der Waals surface area contributed by atoms with E-state index < -0.39 is 16.1 Å². The van der Waals surface area contributed by atoms with E-state index in [1.54, 1.807) is 36.3 Å². The molecule has 1 unspecified atom stereocenters. The minimum absolute atomic E-state index is 0.0264. The van der Waals surface area contributed by atoms with E-state index in [1.165, 1.54) is 4.31 Å².